The Balaban J connectivity index is 0.719. The lowest BCUT2D eigenvalue weighted by atomic mass is 9.85. The van der Waals surface area contributed by atoms with E-state index in [0.29, 0.717) is 47.2 Å². The molecule has 1 saturated carbocycles. The number of hydrogen-bond donors (Lipinski definition) is 2. The number of fused-ring (bicyclic) bond motifs is 3. The van der Waals surface area contributed by atoms with Gasteiger partial charge in [0.2, 0.25) is 11.8 Å². The normalized spacial score (nSPS) is 22.7. The molecule has 11 rings (SSSR count). The summed E-state index contributed by atoms with van der Waals surface area (Å²) < 4.78 is 25.5. The largest absolute Gasteiger partial charge is 0.374 e. The Hall–Kier alpha value is -6.57. The van der Waals surface area contributed by atoms with Gasteiger partial charge in [0, 0.05) is 66.5 Å². The average Bonchev–Trinajstić information content (AvgIpc) is 4.09. The highest BCUT2D eigenvalue weighted by Gasteiger charge is 2.44. The lowest BCUT2D eigenvalue weighted by Crippen LogP contribution is -2.47. The van der Waals surface area contributed by atoms with Gasteiger partial charge in [-0.05, 0) is 113 Å². The molecule has 0 bridgehead atoms. The third-order valence-corrected chi connectivity index (χ3v) is 14.4. The fourth-order valence-electron chi connectivity index (χ4n) is 10.8. The molecule has 1 atom stereocenters. The predicted molar refractivity (Wildman–Crippen MR) is 235 cm³/mol. The summed E-state index contributed by atoms with van der Waals surface area (Å²) in [6.07, 6.45) is 19.4. The van der Waals surface area contributed by atoms with Crippen molar-refractivity contribution in [1.29, 1.82) is 5.26 Å². The van der Waals surface area contributed by atoms with Gasteiger partial charge in [-0.3, -0.25) is 24.6 Å². The van der Waals surface area contributed by atoms with Crippen molar-refractivity contribution in [3.8, 4) is 28.6 Å². The number of pyridine rings is 2. The van der Waals surface area contributed by atoms with Crippen molar-refractivity contribution in [3.05, 3.63) is 108 Å². The molecule has 6 aromatic rings. The molecule has 2 amide bonds. The molecule has 64 heavy (non-hydrogen) atoms. The van der Waals surface area contributed by atoms with Gasteiger partial charge in [-0.1, -0.05) is 12.1 Å². The maximum Gasteiger partial charge on any atom is 0.249 e. The summed E-state index contributed by atoms with van der Waals surface area (Å²) in [5.74, 6) is 0.141. The van der Waals surface area contributed by atoms with Crippen LogP contribution in [-0.4, -0.2) is 89.3 Å². The summed E-state index contributed by atoms with van der Waals surface area (Å²) in [4.78, 5) is 43.3. The van der Waals surface area contributed by atoms with Crippen LogP contribution in [0.2, 0.25) is 0 Å². The first-order chi connectivity index (χ1) is 31.3. The van der Waals surface area contributed by atoms with Gasteiger partial charge in [0.1, 0.15) is 40.4 Å². The second-order valence-corrected chi connectivity index (χ2v) is 18.0. The van der Waals surface area contributed by atoms with Crippen LogP contribution in [0.5, 0.6) is 0 Å². The van der Waals surface area contributed by atoms with E-state index in [2.05, 4.69) is 53.5 Å². The zero-order valence-electron chi connectivity index (χ0n) is 35.5. The lowest BCUT2D eigenvalue weighted by Gasteiger charge is -2.41. The molecule has 3 saturated heterocycles. The van der Waals surface area contributed by atoms with Gasteiger partial charge >= 0.3 is 0 Å². The van der Waals surface area contributed by atoms with Gasteiger partial charge in [0.25, 0.3) is 0 Å². The molecule has 2 N–H and O–H groups in total. The number of aromatic nitrogens is 7. The van der Waals surface area contributed by atoms with Crippen LogP contribution in [0.4, 0.5) is 15.9 Å². The van der Waals surface area contributed by atoms with Gasteiger partial charge in [-0.15, -0.1) is 0 Å². The Kier molecular flexibility index (Phi) is 10.4. The first-order valence-electron chi connectivity index (χ1n) is 22.6. The topological polar surface area (TPSA) is 171 Å². The monoisotopic (exact) mass is 860 g/mol. The average molecular weight is 861 g/mol. The fourth-order valence-corrected chi connectivity index (χ4v) is 10.8. The number of piperidine rings is 3. The summed E-state index contributed by atoms with van der Waals surface area (Å²) in [5, 5.41) is 24.8. The lowest BCUT2D eigenvalue weighted by molar-refractivity contribution is -0.133. The van der Waals surface area contributed by atoms with Gasteiger partial charge in [-0.25, -0.2) is 18.9 Å². The number of ether oxygens (including phenoxy) is 1. The van der Waals surface area contributed by atoms with E-state index in [1.54, 1.807) is 10.7 Å². The van der Waals surface area contributed by atoms with E-state index in [9.17, 15) is 14.9 Å². The maximum absolute atomic E-state index is 15.4. The van der Waals surface area contributed by atoms with E-state index in [4.69, 9.17) is 19.8 Å². The van der Waals surface area contributed by atoms with Crippen LogP contribution in [0, 0.1) is 17.1 Å². The van der Waals surface area contributed by atoms with E-state index < -0.39 is 6.04 Å². The Morgan fingerprint density at radius 3 is 2.47 bits per heavy atom. The first-order valence-corrected chi connectivity index (χ1v) is 22.6. The zero-order valence-corrected chi connectivity index (χ0v) is 35.5. The number of rotatable bonds is 8. The number of carbonyl (C=O) groups excluding carboxylic acids is 2. The van der Waals surface area contributed by atoms with Crippen molar-refractivity contribution in [2.45, 2.75) is 100 Å². The fraction of sp³-hybridized carbons (Fsp3) is 0.417. The second-order valence-electron chi connectivity index (χ2n) is 18.0. The van der Waals surface area contributed by atoms with Crippen LogP contribution >= 0.6 is 0 Å². The minimum absolute atomic E-state index is 0.148. The van der Waals surface area contributed by atoms with Crippen LogP contribution in [0.15, 0.2) is 79.6 Å². The quantitative estimate of drug-likeness (QED) is 0.156. The standard InChI is InChI=1S/C48H49FN12O3/c49-39-22-35(55-40-10-12-43(62)57-47(40)63)4-9-38(39)30-13-18-58(19-14-30)36-5-7-37(8-6-36)60-27-34(26-53-60)41-28-61-45(33(23-50)25-54-61)44(56-41)31-3-11-42(52-24-31)59-20-15-48(16-21-59)46-32(29-64-48)2-1-17-51-46/h1-4,9,11,17,22,24-28,30,36-37,40,55H,5-8,10,12-16,18-21,29H2,(H,57,62,63)/t36?,37?,40-/m1/s1. The SMILES string of the molecule is N#Cc1cnn2cc(-c3cnn(C4CCC(N5CCC(c6ccc(N[C@@H]7CCC(=O)NC7=O)cc6F)CC5)CC4)c3)nc(-c3ccc(N4CCC5(CC4)OCc4cccnc45)nc3)c12. The summed E-state index contributed by atoms with van der Waals surface area (Å²) in [7, 11) is 0. The molecule has 4 fully saturated rings. The number of amides is 2. The number of nitriles is 1. The highest BCUT2D eigenvalue weighted by atomic mass is 19.1. The highest BCUT2D eigenvalue weighted by Crippen LogP contribution is 2.44. The van der Waals surface area contributed by atoms with Gasteiger partial charge in [0.15, 0.2) is 0 Å². The summed E-state index contributed by atoms with van der Waals surface area (Å²) in [5.41, 5.74) is 7.34. The molecule has 5 aromatic heterocycles. The van der Waals surface area contributed by atoms with Gasteiger partial charge < -0.3 is 19.9 Å². The summed E-state index contributed by atoms with van der Waals surface area (Å²) in [6.45, 7) is 4.08. The predicted octanol–water partition coefficient (Wildman–Crippen LogP) is 6.67. The number of anilines is 2. The van der Waals surface area contributed by atoms with E-state index in [-0.39, 0.29) is 41.6 Å². The smallest absolute Gasteiger partial charge is 0.249 e. The van der Waals surface area contributed by atoms with Crippen LogP contribution in [0.1, 0.15) is 98.6 Å². The summed E-state index contributed by atoms with van der Waals surface area (Å²) in [6, 6.07) is 15.8. The number of carbonyl (C=O) groups is 2. The van der Waals surface area contributed by atoms with Gasteiger partial charge in [0.05, 0.1) is 48.3 Å². The zero-order chi connectivity index (χ0) is 43.4. The second kappa shape index (κ2) is 16.5. The van der Waals surface area contributed by atoms with Crippen molar-refractivity contribution >= 4 is 28.8 Å². The van der Waals surface area contributed by atoms with Gasteiger partial charge in [-0.2, -0.15) is 15.5 Å². The molecule has 1 aliphatic carbocycles. The molecule has 5 aliphatic rings. The molecule has 1 spiro atoms. The molecule has 1 aromatic carbocycles. The first kappa shape index (κ1) is 40.2. The minimum atomic E-state index is -0.544. The van der Waals surface area contributed by atoms with E-state index in [1.165, 1.54) is 11.6 Å². The van der Waals surface area contributed by atoms with Crippen LogP contribution in [0.3, 0.4) is 0 Å². The Morgan fingerprint density at radius 2 is 1.70 bits per heavy atom. The van der Waals surface area contributed by atoms with Crippen LogP contribution < -0.4 is 15.5 Å². The number of nitrogens with one attached hydrogen (secondary N) is 2. The molecule has 0 radical (unpaired) electrons. The van der Waals surface area contributed by atoms with Crippen molar-refractivity contribution in [2.75, 3.05) is 36.4 Å². The third-order valence-electron chi connectivity index (χ3n) is 14.4. The van der Waals surface area contributed by atoms with Crippen LogP contribution in [0.25, 0.3) is 28.0 Å². The Morgan fingerprint density at radius 1 is 0.875 bits per heavy atom. The van der Waals surface area contributed by atoms with E-state index >= 15 is 4.39 Å². The van der Waals surface area contributed by atoms with Crippen molar-refractivity contribution < 1.29 is 18.7 Å². The maximum atomic E-state index is 15.4. The van der Waals surface area contributed by atoms with E-state index in [0.717, 1.165) is 106 Å². The number of likely N-dealkylation sites (tertiary alicyclic amines) is 1. The van der Waals surface area contributed by atoms with Crippen molar-refractivity contribution in [1.82, 2.24) is 44.6 Å². The minimum Gasteiger partial charge on any atom is -0.374 e. The number of imide groups is 1. The number of benzene rings is 1. The van der Waals surface area contributed by atoms with Crippen molar-refractivity contribution in [2.24, 2.45) is 0 Å². The third kappa shape index (κ3) is 7.45. The number of halogens is 1. The molecular formula is C48H49FN12O3. The molecule has 326 valence electrons. The van der Waals surface area contributed by atoms with E-state index in [1.807, 2.05) is 55.1 Å². The number of nitrogens with zero attached hydrogens (tertiary/aromatic N) is 10. The molecular weight excluding hydrogens is 812 g/mol. The highest BCUT2D eigenvalue weighted by molar-refractivity contribution is 6.01. The molecule has 0 unspecified atom stereocenters. The van der Waals surface area contributed by atoms with Crippen LogP contribution in [-0.2, 0) is 26.5 Å². The Bertz CT molecular complexity index is 2770. The molecule has 9 heterocycles. The Labute approximate surface area is 369 Å². The number of hydrogen-bond acceptors (Lipinski definition) is 12. The van der Waals surface area contributed by atoms with Crippen molar-refractivity contribution in [3.63, 3.8) is 0 Å². The summed E-state index contributed by atoms with van der Waals surface area (Å²) >= 11 is 0. The molecule has 15 nitrogen and oxygen atoms in total. The molecule has 4 aliphatic heterocycles. The molecule has 16 heteroatoms.